The van der Waals surface area contributed by atoms with Crippen LogP contribution < -0.4 is 9.47 Å². The minimum absolute atomic E-state index is 0.383. The molecule has 3 aromatic carbocycles. The van der Waals surface area contributed by atoms with Crippen molar-refractivity contribution in [1.29, 1.82) is 0 Å². The highest BCUT2D eigenvalue weighted by molar-refractivity contribution is 6.31. The number of halogens is 1. The summed E-state index contributed by atoms with van der Waals surface area (Å²) < 4.78 is 11.3. The fourth-order valence-electron chi connectivity index (χ4n) is 4.31. The average molecular weight is 521 g/mol. The summed E-state index contributed by atoms with van der Waals surface area (Å²) in [6, 6.07) is 20.9. The Balaban J connectivity index is 1.49. The second kappa shape index (κ2) is 16.1. The van der Waals surface area contributed by atoms with E-state index < -0.39 is 0 Å². The van der Waals surface area contributed by atoms with Crippen molar-refractivity contribution in [2.75, 3.05) is 6.61 Å². The molecule has 0 atom stereocenters. The minimum atomic E-state index is -0.383. The maximum absolute atomic E-state index is 12.6. The Morgan fingerprint density at radius 2 is 1.27 bits per heavy atom. The first kappa shape index (κ1) is 28.8. The number of benzene rings is 3. The lowest BCUT2D eigenvalue weighted by Gasteiger charge is -2.09. The lowest BCUT2D eigenvalue weighted by atomic mass is 10.00. The number of ether oxygens (including phenoxy) is 2. The Labute approximate surface area is 228 Å². The van der Waals surface area contributed by atoms with Crippen molar-refractivity contribution in [2.45, 2.75) is 84.5 Å². The van der Waals surface area contributed by atoms with E-state index in [2.05, 4.69) is 26.0 Å². The number of hydrogen-bond donors (Lipinski definition) is 0. The third-order valence-electron chi connectivity index (χ3n) is 6.61. The van der Waals surface area contributed by atoms with Gasteiger partial charge in [-0.1, -0.05) is 101 Å². The van der Waals surface area contributed by atoms with Gasteiger partial charge >= 0.3 is 5.97 Å². The van der Waals surface area contributed by atoms with Gasteiger partial charge in [0.15, 0.2) is 0 Å². The molecule has 0 spiro atoms. The minimum Gasteiger partial charge on any atom is -0.494 e. The van der Waals surface area contributed by atoms with Gasteiger partial charge in [0.05, 0.1) is 12.2 Å². The Bertz CT molecular complexity index is 1070. The molecule has 0 unspecified atom stereocenters. The Morgan fingerprint density at radius 1 is 0.676 bits per heavy atom. The highest BCUT2D eigenvalue weighted by Gasteiger charge is 2.10. The molecule has 3 rings (SSSR count). The third kappa shape index (κ3) is 9.89. The number of carbonyl (C=O) groups is 1. The number of unbranched alkanes of at least 4 members (excludes halogenated alkanes) is 8. The molecule has 0 fully saturated rings. The Morgan fingerprint density at radius 3 is 1.95 bits per heavy atom. The topological polar surface area (TPSA) is 35.5 Å². The van der Waals surface area contributed by atoms with Crippen molar-refractivity contribution in [3.8, 4) is 22.6 Å². The van der Waals surface area contributed by atoms with Crippen molar-refractivity contribution >= 4 is 17.6 Å². The molecular formula is C33H41ClO3. The monoisotopic (exact) mass is 520 g/mol. The molecule has 4 heteroatoms. The molecule has 0 N–H and O–H groups in total. The molecule has 3 nitrogen and oxygen atoms in total. The van der Waals surface area contributed by atoms with E-state index in [4.69, 9.17) is 21.1 Å². The molecule has 198 valence electrons. The van der Waals surface area contributed by atoms with Gasteiger partial charge in [-0.25, -0.2) is 4.79 Å². The summed E-state index contributed by atoms with van der Waals surface area (Å²) in [7, 11) is 0. The summed E-state index contributed by atoms with van der Waals surface area (Å²) in [5.41, 5.74) is 3.77. The van der Waals surface area contributed by atoms with Gasteiger partial charge in [0.25, 0.3) is 0 Å². The van der Waals surface area contributed by atoms with E-state index in [1.807, 2.05) is 30.3 Å². The molecule has 37 heavy (non-hydrogen) atoms. The second-order valence-corrected chi connectivity index (χ2v) is 10.1. The first-order valence-corrected chi connectivity index (χ1v) is 14.3. The van der Waals surface area contributed by atoms with Gasteiger partial charge in [-0.05, 0) is 78.4 Å². The third-order valence-corrected chi connectivity index (χ3v) is 6.96. The predicted octanol–water partition coefficient (Wildman–Crippen LogP) is 10.1. The van der Waals surface area contributed by atoms with Crippen molar-refractivity contribution in [2.24, 2.45) is 0 Å². The van der Waals surface area contributed by atoms with Crippen LogP contribution in [0.5, 0.6) is 11.5 Å². The zero-order valence-corrected chi connectivity index (χ0v) is 23.2. The molecule has 0 aliphatic rings. The van der Waals surface area contributed by atoms with Gasteiger partial charge in [-0.2, -0.15) is 0 Å². The lowest BCUT2D eigenvalue weighted by Crippen LogP contribution is -2.08. The van der Waals surface area contributed by atoms with Crippen LogP contribution in [0.15, 0.2) is 66.7 Å². The second-order valence-electron chi connectivity index (χ2n) is 9.67. The molecule has 0 amide bonds. The smallest absolute Gasteiger partial charge is 0.343 e. The van der Waals surface area contributed by atoms with Gasteiger partial charge in [-0.3, -0.25) is 0 Å². The van der Waals surface area contributed by atoms with Crippen molar-refractivity contribution < 1.29 is 14.3 Å². The normalized spacial score (nSPS) is 10.9. The fraction of sp³-hybridized carbons (Fsp3) is 0.424. The van der Waals surface area contributed by atoms with Crippen LogP contribution in [0.25, 0.3) is 11.1 Å². The number of carbonyl (C=O) groups excluding carboxylic acids is 1. The quantitative estimate of drug-likeness (QED) is 0.107. The maximum Gasteiger partial charge on any atom is 0.343 e. The van der Waals surface area contributed by atoms with Gasteiger partial charge < -0.3 is 9.47 Å². The Kier molecular flexibility index (Phi) is 12.6. The van der Waals surface area contributed by atoms with Crippen LogP contribution in [0.4, 0.5) is 0 Å². The first-order chi connectivity index (χ1) is 18.1. The van der Waals surface area contributed by atoms with Crippen LogP contribution in [-0.4, -0.2) is 12.6 Å². The lowest BCUT2D eigenvalue weighted by molar-refractivity contribution is 0.0734. The van der Waals surface area contributed by atoms with Crippen LogP contribution >= 0.6 is 11.6 Å². The SMILES string of the molecule is CCCCCCCCCc1ccc(-c2ccc(C(=O)Oc3ccc(OCCCCC)cc3)cc2)cc1Cl. The van der Waals surface area contributed by atoms with Gasteiger partial charge in [0.2, 0.25) is 0 Å². The van der Waals surface area contributed by atoms with E-state index in [1.54, 1.807) is 24.3 Å². The molecule has 0 aromatic heterocycles. The molecule has 0 aliphatic heterocycles. The van der Waals surface area contributed by atoms with Gasteiger partial charge in [-0.15, -0.1) is 0 Å². The molecule has 3 aromatic rings. The van der Waals surface area contributed by atoms with Crippen molar-refractivity contribution in [1.82, 2.24) is 0 Å². The highest BCUT2D eigenvalue weighted by Crippen LogP contribution is 2.28. The number of rotatable bonds is 16. The van der Waals surface area contributed by atoms with Crippen LogP contribution in [0.3, 0.4) is 0 Å². The molecular weight excluding hydrogens is 480 g/mol. The molecule has 0 saturated carbocycles. The van der Waals surface area contributed by atoms with Crippen LogP contribution in [0.2, 0.25) is 5.02 Å². The number of hydrogen-bond acceptors (Lipinski definition) is 3. The number of aryl methyl sites for hydroxylation is 1. The van der Waals surface area contributed by atoms with Crippen LogP contribution in [0.1, 0.15) is 94.0 Å². The molecule has 0 radical (unpaired) electrons. The summed E-state index contributed by atoms with van der Waals surface area (Å²) in [5.74, 6) is 0.900. The molecule has 0 aliphatic carbocycles. The molecule has 0 bridgehead atoms. The maximum atomic E-state index is 12.6. The van der Waals surface area contributed by atoms with E-state index in [1.165, 1.54) is 56.9 Å². The predicted molar refractivity (Wildman–Crippen MR) is 155 cm³/mol. The standard InChI is InChI=1S/C33H41ClO3/c1-3-5-7-8-9-10-11-13-27-16-19-29(25-32(27)34)26-14-17-28(18-15-26)33(35)37-31-22-20-30(21-23-31)36-24-12-6-4-2/h14-23,25H,3-13,24H2,1-2H3. The van der Waals surface area contributed by atoms with E-state index in [0.29, 0.717) is 17.9 Å². The zero-order valence-electron chi connectivity index (χ0n) is 22.4. The van der Waals surface area contributed by atoms with Crippen LogP contribution in [0, 0.1) is 0 Å². The molecule has 0 saturated heterocycles. The summed E-state index contributed by atoms with van der Waals surface area (Å²) in [6.07, 6.45) is 13.5. The van der Waals surface area contributed by atoms with Crippen LogP contribution in [-0.2, 0) is 6.42 Å². The highest BCUT2D eigenvalue weighted by atomic mass is 35.5. The van der Waals surface area contributed by atoms with Crippen molar-refractivity contribution in [3.05, 3.63) is 82.9 Å². The average Bonchev–Trinajstić information content (AvgIpc) is 2.92. The molecule has 0 heterocycles. The van der Waals surface area contributed by atoms with E-state index >= 15 is 0 Å². The number of esters is 1. The first-order valence-electron chi connectivity index (χ1n) is 13.9. The van der Waals surface area contributed by atoms with E-state index in [0.717, 1.165) is 41.2 Å². The fourth-order valence-corrected chi connectivity index (χ4v) is 4.59. The summed E-state index contributed by atoms with van der Waals surface area (Å²) in [6.45, 7) is 5.12. The summed E-state index contributed by atoms with van der Waals surface area (Å²) >= 11 is 6.60. The largest absolute Gasteiger partial charge is 0.494 e. The van der Waals surface area contributed by atoms with Crippen molar-refractivity contribution in [3.63, 3.8) is 0 Å². The van der Waals surface area contributed by atoms with E-state index in [-0.39, 0.29) is 5.97 Å². The zero-order chi connectivity index (χ0) is 26.3. The summed E-state index contributed by atoms with van der Waals surface area (Å²) in [5, 5.41) is 0.810. The van der Waals surface area contributed by atoms with E-state index in [9.17, 15) is 4.79 Å². The summed E-state index contributed by atoms with van der Waals surface area (Å²) in [4.78, 5) is 12.6. The Hall–Kier alpha value is -2.78. The van der Waals surface area contributed by atoms with Gasteiger partial charge in [0, 0.05) is 5.02 Å². The van der Waals surface area contributed by atoms with Gasteiger partial charge in [0.1, 0.15) is 11.5 Å².